The van der Waals surface area contributed by atoms with Gasteiger partial charge in [0, 0.05) is 11.8 Å². The molecule has 1 atom stereocenters. The third-order valence-corrected chi connectivity index (χ3v) is 7.81. The van der Waals surface area contributed by atoms with E-state index in [1.807, 2.05) is 52.0 Å². The van der Waals surface area contributed by atoms with Crippen LogP contribution in [0.5, 0.6) is 0 Å². The summed E-state index contributed by atoms with van der Waals surface area (Å²) in [6, 6.07) is 8.16. The summed E-state index contributed by atoms with van der Waals surface area (Å²) in [5.74, 6) is -2.52. The lowest BCUT2D eigenvalue weighted by Crippen LogP contribution is -2.50. The zero-order valence-electron chi connectivity index (χ0n) is 21.3. The number of sulfone groups is 1. The second-order valence-electron chi connectivity index (χ2n) is 10.1. The van der Waals surface area contributed by atoms with Gasteiger partial charge in [0.15, 0.2) is 9.84 Å². The molecule has 4 rings (SSSR count). The number of carbonyl (C=O) groups is 2. The summed E-state index contributed by atoms with van der Waals surface area (Å²) < 4.78 is 47.7. The number of halogens is 1. The minimum Gasteiger partial charge on any atom is -0.420 e. The van der Waals surface area contributed by atoms with E-state index in [0.717, 1.165) is 17.2 Å². The number of aromatic nitrogens is 2. The van der Waals surface area contributed by atoms with E-state index in [1.54, 1.807) is 6.92 Å². The fraction of sp³-hybridized carbons (Fsp3) is 0.385. The van der Waals surface area contributed by atoms with Crippen LogP contribution in [0.4, 0.5) is 10.1 Å². The number of benzene rings is 2. The van der Waals surface area contributed by atoms with E-state index in [4.69, 9.17) is 4.42 Å². The van der Waals surface area contributed by atoms with E-state index in [2.05, 4.69) is 15.5 Å². The Morgan fingerprint density at radius 3 is 2.46 bits per heavy atom. The molecule has 0 radical (unpaired) electrons. The number of hydrogen-bond acceptors (Lipinski definition) is 7. The summed E-state index contributed by atoms with van der Waals surface area (Å²) in [7, 11) is -4.17. The summed E-state index contributed by atoms with van der Waals surface area (Å²) in [5.41, 5.74) is 1.09. The first kappa shape index (κ1) is 26.5. The zero-order valence-corrected chi connectivity index (χ0v) is 22.1. The number of amides is 2. The van der Waals surface area contributed by atoms with Crippen molar-refractivity contribution in [3.8, 4) is 11.5 Å². The van der Waals surface area contributed by atoms with Gasteiger partial charge < -0.3 is 14.6 Å². The maximum absolute atomic E-state index is 15.3. The Kier molecular flexibility index (Phi) is 6.93. The molecule has 1 aliphatic rings. The molecule has 0 saturated heterocycles. The van der Waals surface area contributed by atoms with Gasteiger partial charge in [-0.15, -0.1) is 10.2 Å². The van der Waals surface area contributed by atoms with Crippen molar-refractivity contribution in [2.75, 3.05) is 10.7 Å². The number of hydrogen-bond donors (Lipinski definition) is 1. The number of rotatable bonds is 5. The van der Waals surface area contributed by atoms with Gasteiger partial charge in [0.2, 0.25) is 11.8 Å². The van der Waals surface area contributed by atoms with Crippen LogP contribution < -0.4 is 10.2 Å². The molecule has 9 nitrogen and oxygen atoms in total. The van der Waals surface area contributed by atoms with Crippen LogP contribution in [-0.2, 0) is 31.4 Å². The van der Waals surface area contributed by atoms with Crippen LogP contribution in [0.2, 0.25) is 0 Å². The molecule has 0 fully saturated rings. The minimum atomic E-state index is -4.17. The van der Waals surface area contributed by atoms with Crippen molar-refractivity contribution in [3.05, 3.63) is 59.2 Å². The van der Waals surface area contributed by atoms with E-state index >= 15 is 4.39 Å². The Hall–Kier alpha value is -3.60. The van der Waals surface area contributed by atoms with Crippen molar-refractivity contribution in [2.45, 2.75) is 63.9 Å². The molecule has 2 aromatic carbocycles. The number of nitrogens with zero attached hydrogens (tertiary/aromatic N) is 3. The van der Waals surface area contributed by atoms with E-state index < -0.39 is 44.7 Å². The average Bonchev–Trinajstić information content (AvgIpc) is 3.31. The first-order chi connectivity index (χ1) is 17.3. The third kappa shape index (κ3) is 5.41. The van der Waals surface area contributed by atoms with Gasteiger partial charge in [-0.25, -0.2) is 12.8 Å². The molecule has 1 N–H and O–H groups in total. The van der Waals surface area contributed by atoms with Crippen molar-refractivity contribution in [1.29, 1.82) is 0 Å². The lowest BCUT2D eigenvalue weighted by molar-refractivity contribution is -0.127. The molecule has 0 aliphatic carbocycles. The topological polar surface area (TPSA) is 122 Å². The van der Waals surface area contributed by atoms with E-state index in [0.29, 0.717) is 0 Å². The minimum absolute atomic E-state index is 0.00226. The molecule has 196 valence electrons. The quantitative estimate of drug-likeness (QED) is 0.536. The fourth-order valence-corrected chi connectivity index (χ4v) is 5.54. The van der Waals surface area contributed by atoms with Gasteiger partial charge in [0.25, 0.3) is 11.8 Å². The van der Waals surface area contributed by atoms with Crippen LogP contribution in [0.25, 0.3) is 11.5 Å². The predicted octanol–water partition coefficient (Wildman–Crippen LogP) is 3.70. The molecule has 2 amide bonds. The van der Waals surface area contributed by atoms with Crippen molar-refractivity contribution < 1.29 is 26.8 Å². The Bertz CT molecular complexity index is 1460. The zero-order chi connectivity index (χ0) is 27.1. The molecule has 0 saturated carbocycles. The van der Waals surface area contributed by atoms with E-state index in [-0.39, 0.29) is 40.9 Å². The molecular formula is C26H29FN4O5S. The Morgan fingerprint density at radius 1 is 1.19 bits per heavy atom. The highest BCUT2D eigenvalue weighted by Crippen LogP contribution is 2.37. The number of carbonyl (C=O) groups excluding carboxylic acids is 2. The summed E-state index contributed by atoms with van der Waals surface area (Å²) in [6.07, 6.45) is 0.0702. The summed E-state index contributed by atoms with van der Waals surface area (Å²) >= 11 is 0. The van der Waals surface area contributed by atoms with Crippen molar-refractivity contribution in [1.82, 2.24) is 15.5 Å². The molecule has 11 heteroatoms. The molecule has 37 heavy (non-hydrogen) atoms. The van der Waals surface area contributed by atoms with Gasteiger partial charge in [0.1, 0.15) is 11.9 Å². The molecular weight excluding hydrogens is 499 g/mol. The van der Waals surface area contributed by atoms with E-state index in [9.17, 15) is 18.0 Å². The number of fused-ring (bicyclic) bond motifs is 1. The predicted molar refractivity (Wildman–Crippen MR) is 135 cm³/mol. The van der Waals surface area contributed by atoms with Crippen LogP contribution in [0.1, 0.15) is 51.1 Å². The highest BCUT2D eigenvalue weighted by molar-refractivity contribution is 7.91. The van der Waals surface area contributed by atoms with Crippen molar-refractivity contribution in [2.24, 2.45) is 0 Å². The molecule has 2 heterocycles. The Labute approximate surface area is 215 Å². The standard InChI is InChI=1S/C26H29FN4O5S/c1-6-22(32)28-19-14-37(34,35)21-12-18(27)17(23-29-30-25(36-23)26(3,4)5)11-20(21)31(24(19)33)13-16-9-7-15(2)8-10-16/h7-12,19H,6,13-14H2,1-5H3,(H,28,32)/t19-/m0/s1. The molecule has 3 aromatic rings. The molecule has 0 spiro atoms. The summed E-state index contributed by atoms with van der Waals surface area (Å²) in [6.45, 7) is 9.10. The van der Waals surface area contributed by atoms with Gasteiger partial charge in [-0.2, -0.15) is 0 Å². The molecule has 0 bridgehead atoms. The summed E-state index contributed by atoms with van der Waals surface area (Å²) in [5, 5.41) is 10.5. The second-order valence-corrected chi connectivity index (χ2v) is 12.1. The number of nitrogens with one attached hydrogen (secondary N) is 1. The normalized spacial score (nSPS) is 17.3. The van der Waals surface area contributed by atoms with E-state index in [1.165, 1.54) is 11.0 Å². The SMILES string of the molecule is CCC(=O)N[C@H]1CS(=O)(=O)c2cc(F)c(-c3nnc(C(C)(C)C)o3)cc2N(Cc2ccc(C)cc2)C1=O. The van der Waals surface area contributed by atoms with Gasteiger partial charge >= 0.3 is 0 Å². The molecule has 1 aliphatic heterocycles. The lowest BCUT2D eigenvalue weighted by Gasteiger charge is -2.26. The van der Waals surface area contributed by atoms with Crippen LogP contribution in [0, 0.1) is 12.7 Å². The lowest BCUT2D eigenvalue weighted by atomic mass is 9.97. The first-order valence-electron chi connectivity index (χ1n) is 11.9. The Balaban J connectivity index is 1.90. The van der Waals surface area contributed by atoms with Crippen molar-refractivity contribution in [3.63, 3.8) is 0 Å². The van der Waals surface area contributed by atoms with Gasteiger partial charge in [-0.3, -0.25) is 9.59 Å². The van der Waals surface area contributed by atoms with Crippen LogP contribution in [0.3, 0.4) is 0 Å². The highest BCUT2D eigenvalue weighted by atomic mass is 32.2. The highest BCUT2D eigenvalue weighted by Gasteiger charge is 2.40. The smallest absolute Gasteiger partial charge is 0.250 e. The first-order valence-corrected chi connectivity index (χ1v) is 13.5. The van der Waals surface area contributed by atoms with Gasteiger partial charge in [-0.1, -0.05) is 57.5 Å². The maximum Gasteiger partial charge on any atom is 0.250 e. The summed E-state index contributed by atoms with van der Waals surface area (Å²) in [4.78, 5) is 26.7. The molecule has 0 unspecified atom stereocenters. The monoisotopic (exact) mass is 528 g/mol. The Morgan fingerprint density at radius 2 is 1.86 bits per heavy atom. The van der Waals surface area contributed by atoms with Gasteiger partial charge in [-0.05, 0) is 24.6 Å². The number of aryl methyl sites for hydroxylation is 1. The van der Waals surface area contributed by atoms with Crippen molar-refractivity contribution >= 4 is 27.3 Å². The fourth-order valence-electron chi connectivity index (χ4n) is 3.93. The average molecular weight is 529 g/mol. The van der Waals surface area contributed by atoms with Gasteiger partial charge in [0.05, 0.1) is 28.4 Å². The third-order valence-electron chi connectivity index (χ3n) is 6.04. The maximum atomic E-state index is 15.3. The van der Waals surface area contributed by atoms with Crippen LogP contribution >= 0.6 is 0 Å². The van der Waals surface area contributed by atoms with Crippen LogP contribution in [0.15, 0.2) is 45.7 Å². The van der Waals surface area contributed by atoms with Crippen LogP contribution in [-0.4, -0.2) is 42.2 Å². The number of anilines is 1. The molecule has 1 aromatic heterocycles. The second kappa shape index (κ2) is 9.70. The largest absolute Gasteiger partial charge is 0.420 e.